The number of phenols is 1. The topological polar surface area (TPSA) is 44.0 Å². The zero-order chi connectivity index (χ0) is 10.1. The molecule has 70 valence electrons. The summed E-state index contributed by atoms with van der Waals surface area (Å²) < 4.78 is 13.9. The first-order chi connectivity index (χ1) is 6.74. The predicted molar refractivity (Wildman–Crippen MR) is 52.8 cm³/mol. The van der Waals surface area contributed by atoms with Gasteiger partial charge >= 0.3 is 0 Å². The number of hydrogen-bond acceptors (Lipinski definition) is 3. The number of fused-ring (bicyclic) bond motifs is 1. The smallest absolute Gasteiger partial charge is 0.165 e. The Morgan fingerprint density at radius 2 is 2.36 bits per heavy atom. The second-order valence-electron chi connectivity index (χ2n) is 2.86. The van der Waals surface area contributed by atoms with Gasteiger partial charge in [-0.15, -0.1) is 11.3 Å². The molecule has 2 rings (SSSR count). The highest BCUT2D eigenvalue weighted by atomic mass is 32.1. The van der Waals surface area contributed by atoms with Gasteiger partial charge in [-0.2, -0.15) is 5.26 Å². The van der Waals surface area contributed by atoms with Crippen molar-refractivity contribution in [1.29, 1.82) is 5.26 Å². The second kappa shape index (κ2) is 3.28. The van der Waals surface area contributed by atoms with E-state index in [9.17, 15) is 9.50 Å². The number of phenolic OH excluding ortho intramolecular Hbond substituents is 1. The molecule has 0 saturated carbocycles. The maximum absolute atomic E-state index is 13.2. The molecule has 0 bridgehead atoms. The molecular formula is C10H6FNOS. The van der Waals surface area contributed by atoms with E-state index >= 15 is 0 Å². The Balaban J connectivity index is 2.81. The van der Waals surface area contributed by atoms with Gasteiger partial charge in [-0.1, -0.05) is 0 Å². The number of benzene rings is 1. The van der Waals surface area contributed by atoms with Crippen LogP contribution in [-0.2, 0) is 6.42 Å². The molecule has 0 aliphatic heterocycles. The molecule has 14 heavy (non-hydrogen) atoms. The zero-order valence-corrected chi connectivity index (χ0v) is 7.94. The Bertz CT molecular complexity index is 527. The van der Waals surface area contributed by atoms with E-state index in [-0.39, 0.29) is 6.42 Å². The lowest BCUT2D eigenvalue weighted by Gasteiger charge is -2.02. The SMILES string of the molecule is N#CCc1c(O)c(F)cc2ccsc12. The van der Waals surface area contributed by atoms with Crippen molar-refractivity contribution < 1.29 is 9.50 Å². The van der Waals surface area contributed by atoms with E-state index in [0.29, 0.717) is 5.56 Å². The maximum atomic E-state index is 13.2. The van der Waals surface area contributed by atoms with Gasteiger partial charge in [-0.25, -0.2) is 4.39 Å². The average molecular weight is 207 g/mol. The molecule has 0 atom stereocenters. The van der Waals surface area contributed by atoms with Gasteiger partial charge < -0.3 is 5.11 Å². The van der Waals surface area contributed by atoms with E-state index < -0.39 is 11.6 Å². The van der Waals surface area contributed by atoms with Crippen molar-refractivity contribution in [2.24, 2.45) is 0 Å². The van der Waals surface area contributed by atoms with Gasteiger partial charge in [0.2, 0.25) is 0 Å². The van der Waals surface area contributed by atoms with Crippen LogP contribution in [0.1, 0.15) is 5.56 Å². The number of nitriles is 1. The Labute approximate surface area is 83.8 Å². The summed E-state index contributed by atoms with van der Waals surface area (Å²) in [6, 6.07) is 4.96. The van der Waals surface area contributed by atoms with Gasteiger partial charge in [-0.05, 0) is 22.9 Å². The molecule has 0 saturated heterocycles. The zero-order valence-electron chi connectivity index (χ0n) is 7.12. The van der Waals surface area contributed by atoms with Gasteiger partial charge in [-0.3, -0.25) is 0 Å². The summed E-state index contributed by atoms with van der Waals surface area (Å²) >= 11 is 1.40. The molecule has 4 heteroatoms. The molecule has 1 N–H and O–H groups in total. The Morgan fingerprint density at radius 1 is 1.57 bits per heavy atom. The lowest BCUT2D eigenvalue weighted by molar-refractivity contribution is 0.429. The molecular weight excluding hydrogens is 201 g/mol. The molecule has 0 amide bonds. The molecule has 2 aromatic rings. The monoisotopic (exact) mass is 207 g/mol. The summed E-state index contributed by atoms with van der Waals surface area (Å²) in [5.41, 5.74) is 0.387. The van der Waals surface area contributed by atoms with Crippen LogP contribution < -0.4 is 0 Å². The third kappa shape index (κ3) is 1.22. The third-order valence-corrected chi connectivity index (χ3v) is 3.01. The van der Waals surface area contributed by atoms with Crippen molar-refractivity contribution in [1.82, 2.24) is 0 Å². The van der Waals surface area contributed by atoms with Gasteiger partial charge in [0, 0.05) is 10.3 Å². The minimum atomic E-state index is -0.666. The van der Waals surface area contributed by atoms with Crippen molar-refractivity contribution in [2.45, 2.75) is 6.42 Å². The van der Waals surface area contributed by atoms with Gasteiger partial charge in [0.25, 0.3) is 0 Å². The molecule has 1 heterocycles. The number of halogens is 1. The highest BCUT2D eigenvalue weighted by molar-refractivity contribution is 7.17. The number of rotatable bonds is 1. The first kappa shape index (κ1) is 8.97. The van der Waals surface area contributed by atoms with Crippen LogP contribution in [0.2, 0.25) is 0 Å². The summed E-state index contributed by atoms with van der Waals surface area (Å²) in [5.74, 6) is -1.07. The van der Waals surface area contributed by atoms with E-state index in [0.717, 1.165) is 10.1 Å². The summed E-state index contributed by atoms with van der Waals surface area (Å²) in [7, 11) is 0. The first-order valence-corrected chi connectivity index (χ1v) is 4.86. The molecule has 0 spiro atoms. The Morgan fingerprint density at radius 3 is 3.07 bits per heavy atom. The molecule has 1 aromatic carbocycles. The molecule has 0 aliphatic carbocycles. The standard InChI is InChI=1S/C10H6FNOS/c11-8-5-6-2-4-14-10(6)7(1-3-12)9(8)13/h2,4-5,13H,1H2. The van der Waals surface area contributed by atoms with Crippen LogP contribution in [0.25, 0.3) is 10.1 Å². The van der Waals surface area contributed by atoms with E-state index in [2.05, 4.69) is 0 Å². The fraction of sp³-hybridized carbons (Fsp3) is 0.100. The van der Waals surface area contributed by atoms with Crippen LogP contribution in [0.3, 0.4) is 0 Å². The summed E-state index contributed by atoms with van der Waals surface area (Å²) in [4.78, 5) is 0. The fourth-order valence-corrected chi connectivity index (χ4v) is 2.30. The summed E-state index contributed by atoms with van der Waals surface area (Å²) in [5, 5.41) is 20.5. The fourth-order valence-electron chi connectivity index (χ4n) is 1.38. The Kier molecular flexibility index (Phi) is 2.10. The number of thiophene rings is 1. The first-order valence-electron chi connectivity index (χ1n) is 3.98. The van der Waals surface area contributed by atoms with Crippen molar-refractivity contribution in [2.75, 3.05) is 0 Å². The third-order valence-electron chi connectivity index (χ3n) is 2.02. The summed E-state index contributed by atoms with van der Waals surface area (Å²) in [6.45, 7) is 0. The summed E-state index contributed by atoms with van der Waals surface area (Å²) in [6.07, 6.45) is 0.0284. The van der Waals surface area contributed by atoms with E-state index in [1.807, 2.05) is 11.4 Å². The highest BCUT2D eigenvalue weighted by Gasteiger charge is 2.12. The van der Waals surface area contributed by atoms with Gasteiger partial charge in [0.1, 0.15) is 0 Å². The van der Waals surface area contributed by atoms with Crippen LogP contribution in [0.15, 0.2) is 17.5 Å². The van der Waals surface area contributed by atoms with Gasteiger partial charge in [0.05, 0.1) is 12.5 Å². The van der Waals surface area contributed by atoms with E-state index in [4.69, 9.17) is 5.26 Å². The lowest BCUT2D eigenvalue weighted by atomic mass is 10.1. The predicted octanol–water partition coefficient (Wildman–Crippen LogP) is 2.81. The van der Waals surface area contributed by atoms with E-state index in [1.165, 1.54) is 17.4 Å². The quantitative estimate of drug-likeness (QED) is 0.781. The van der Waals surface area contributed by atoms with Crippen molar-refractivity contribution >= 4 is 21.4 Å². The highest BCUT2D eigenvalue weighted by Crippen LogP contribution is 2.33. The maximum Gasteiger partial charge on any atom is 0.165 e. The normalized spacial score (nSPS) is 10.3. The molecule has 2 nitrogen and oxygen atoms in total. The average Bonchev–Trinajstić information content (AvgIpc) is 2.60. The molecule has 0 radical (unpaired) electrons. The Hall–Kier alpha value is -1.60. The van der Waals surface area contributed by atoms with Crippen molar-refractivity contribution in [3.05, 3.63) is 28.9 Å². The molecule has 0 unspecified atom stereocenters. The van der Waals surface area contributed by atoms with Crippen molar-refractivity contribution in [3.63, 3.8) is 0 Å². The van der Waals surface area contributed by atoms with Crippen LogP contribution in [0, 0.1) is 17.1 Å². The van der Waals surface area contributed by atoms with Gasteiger partial charge in [0.15, 0.2) is 11.6 Å². The largest absolute Gasteiger partial charge is 0.505 e. The minimum Gasteiger partial charge on any atom is -0.505 e. The van der Waals surface area contributed by atoms with Crippen LogP contribution in [0.5, 0.6) is 5.75 Å². The number of nitrogens with zero attached hydrogens (tertiary/aromatic N) is 1. The minimum absolute atomic E-state index is 0.0284. The second-order valence-corrected chi connectivity index (χ2v) is 3.78. The lowest BCUT2D eigenvalue weighted by Crippen LogP contribution is -1.87. The van der Waals surface area contributed by atoms with E-state index in [1.54, 1.807) is 6.07 Å². The van der Waals surface area contributed by atoms with Crippen LogP contribution in [-0.4, -0.2) is 5.11 Å². The van der Waals surface area contributed by atoms with Crippen molar-refractivity contribution in [3.8, 4) is 11.8 Å². The number of hydrogen-bond donors (Lipinski definition) is 1. The molecule has 1 aromatic heterocycles. The molecule has 0 aliphatic rings. The van der Waals surface area contributed by atoms with Crippen LogP contribution >= 0.6 is 11.3 Å². The number of aromatic hydroxyl groups is 1. The van der Waals surface area contributed by atoms with Crippen LogP contribution in [0.4, 0.5) is 4.39 Å². The molecule has 0 fully saturated rings.